The molecule has 21 heavy (non-hydrogen) atoms. The molecule has 1 aliphatic carbocycles. The van der Waals surface area contributed by atoms with Gasteiger partial charge in [0.25, 0.3) is 0 Å². The van der Waals surface area contributed by atoms with Gasteiger partial charge in [0, 0.05) is 28.1 Å². The quantitative estimate of drug-likeness (QED) is 0.796. The van der Waals surface area contributed by atoms with Crippen molar-refractivity contribution in [3.05, 3.63) is 36.4 Å². The van der Waals surface area contributed by atoms with E-state index in [4.69, 9.17) is 4.74 Å². The molecule has 2 aromatic carbocycles. The molecule has 1 aliphatic rings. The average molecular weight is 304 g/mol. The molecule has 0 spiro atoms. The van der Waals surface area contributed by atoms with Crippen LogP contribution in [-0.4, -0.2) is 20.9 Å². The minimum absolute atomic E-state index is 0.0763. The summed E-state index contributed by atoms with van der Waals surface area (Å²) in [5.74, 6) is 0.789. The van der Waals surface area contributed by atoms with Crippen LogP contribution in [0.1, 0.15) is 26.7 Å². The van der Waals surface area contributed by atoms with Gasteiger partial charge in [-0.15, -0.1) is 0 Å². The van der Waals surface area contributed by atoms with Crippen LogP contribution in [0.4, 0.5) is 5.69 Å². The Hall–Kier alpha value is -1.59. The minimum atomic E-state index is -2.25. The van der Waals surface area contributed by atoms with E-state index in [9.17, 15) is 8.76 Å². The monoisotopic (exact) mass is 304 g/mol. The highest BCUT2D eigenvalue weighted by molar-refractivity contribution is 7.80. The molecule has 1 atom stereocenters. The molecule has 4 nitrogen and oxygen atoms in total. The van der Waals surface area contributed by atoms with Gasteiger partial charge in [-0.25, -0.2) is 0 Å². The van der Waals surface area contributed by atoms with Gasteiger partial charge in [-0.1, -0.05) is 24.3 Å². The van der Waals surface area contributed by atoms with Crippen molar-refractivity contribution in [3.8, 4) is 5.75 Å². The summed E-state index contributed by atoms with van der Waals surface area (Å²) in [6.07, 6.45) is 1.92. The lowest BCUT2D eigenvalue weighted by molar-refractivity contribution is 0.245. The number of nitrogens with zero attached hydrogens (tertiary/aromatic N) is 1. The van der Waals surface area contributed by atoms with Crippen molar-refractivity contribution in [2.75, 3.05) is 4.31 Å². The van der Waals surface area contributed by atoms with Gasteiger partial charge in [0.05, 0.1) is 11.8 Å². The molecule has 3 rings (SSSR count). The van der Waals surface area contributed by atoms with E-state index in [0.717, 1.165) is 35.1 Å². The van der Waals surface area contributed by atoms with E-state index in [-0.39, 0.29) is 12.1 Å². The van der Waals surface area contributed by atoms with Crippen LogP contribution in [0.25, 0.3) is 10.8 Å². The first-order chi connectivity index (χ1) is 10.1. The Morgan fingerprint density at radius 1 is 1.19 bits per heavy atom. The SMILES string of the molecule is CC(C)Oc1ccc(N(C2CC2)S(=O)[O-])c2ccccc12. The highest BCUT2D eigenvalue weighted by Gasteiger charge is 2.31. The molecule has 1 saturated carbocycles. The number of ether oxygens (including phenoxy) is 1. The van der Waals surface area contributed by atoms with Crippen LogP contribution in [0.5, 0.6) is 5.75 Å². The number of hydrogen-bond acceptors (Lipinski definition) is 3. The van der Waals surface area contributed by atoms with E-state index < -0.39 is 11.3 Å². The number of anilines is 1. The van der Waals surface area contributed by atoms with Crippen molar-refractivity contribution in [1.29, 1.82) is 0 Å². The first-order valence-corrected chi connectivity index (χ1v) is 8.18. The molecule has 112 valence electrons. The second-order valence-electron chi connectivity index (χ2n) is 5.57. The van der Waals surface area contributed by atoms with Crippen LogP contribution in [0, 0.1) is 0 Å². The van der Waals surface area contributed by atoms with E-state index in [2.05, 4.69) is 0 Å². The maximum absolute atomic E-state index is 11.6. The highest BCUT2D eigenvalue weighted by atomic mass is 32.2. The summed E-state index contributed by atoms with van der Waals surface area (Å²) in [7, 11) is 0. The maximum Gasteiger partial charge on any atom is 0.127 e. The predicted octanol–water partition coefficient (Wildman–Crippen LogP) is 3.39. The average Bonchev–Trinajstić information content (AvgIpc) is 3.25. The third kappa shape index (κ3) is 2.89. The molecule has 0 aliphatic heterocycles. The largest absolute Gasteiger partial charge is 0.755 e. The van der Waals surface area contributed by atoms with Crippen LogP contribution >= 0.6 is 0 Å². The normalized spacial score (nSPS) is 16.2. The maximum atomic E-state index is 11.6. The Balaban J connectivity index is 2.14. The first-order valence-electron chi connectivity index (χ1n) is 7.15. The van der Waals surface area contributed by atoms with Crippen molar-refractivity contribution in [3.63, 3.8) is 0 Å². The van der Waals surface area contributed by atoms with Crippen LogP contribution < -0.4 is 9.04 Å². The number of benzene rings is 2. The topological polar surface area (TPSA) is 52.6 Å². The van der Waals surface area contributed by atoms with Gasteiger partial charge in [0.2, 0.25) is 0 Å². The fourth-order valence-corrected chi connectivity index (χ4v) is 3.29. The Labute approximate surface area is 127 Å². The van der Waals surface area contributed by atoms with Crippen molar-refractivity contribution in [2.24, 2.45) is 0 Å². The number of rotatable bonds is 5. The summed E-state index contributed by atoms with van der Waals surface area (Å²) in [5, 5.41) is 1.85. The van der Waals surface area contributed by atoms with Crippen molar-refractivity contribution >= 4 is 27.7 Å². The molecule has 0 saturated heterocycles. The lowest BCUT2D eigenvalue weighted by Gasteiger charge is -2.28. The number of hydrogen-bond donors (Lipinski definition) is 0. The zero-order valence-electron chi connectivity index (χ0n) is 12.1. The predicted molar refractivity (Wildman–Crippen MR) is 84.1 cm³/mol. The van der Waals surface area contributed by atoms with Gasteiger partial charge in [-0.3, -0.25) is 8.51 Å². The van der Waals surface area contributed by atoms with Crippen LogP contribution in [0.2, 0.25) is 0 Å². The van der Waals surface area contributed by atoms with E-state index in [0.29, 0.717) is 0 Å². The highest BCUT2D eigenvalue weighted by Crippen LogP contribution is 2.39. The van der Waals surface area contributed by atoms with E-state index >= 15 is 0 Å². The van der Waals surface area contributed by atoms with E-state index in [1.54, 1.807) is 0 Å². The first kappa shape index (κ1) is 14.4. The molecular weight excluding hydrogens is 286 g/mol. The smallest absolute Gasteiger partial charge is 0.127 e. The van der Waals surface area contributed by atoms with Crippen molar-refractivity contribution in [1.82, 2.24) is 0 Å². The zero-order chi connectivity index (χ0) is 15.0. The summed E-state index contributed by atoms with van der Waals surface area (Å²) < 4.78 is 30.5. The standard InChI is InChI=1S/C16H19NO3S/c1-11(2)20-16-10-9-15(13-5-3-4-6-14(13)16)17(21(18)19)12-7-8-12/h3-6,9-12H,7-8H2,1-2H3,(H,18,19)/p-1. The molecule has 5 heteroatoms. The third-order valence-corrected chi connectivity index (χ3v) is 4.32. The lowest BCUT2D eigenvalue weighted by atomic mass is 10.1. The molecular formula is C16H18NO3S-. The Morgan fingerprint density at radius 3 is 2.43 bits per heavy atom. The molecule has 0 heterocycles. The van der Waals surface area contributed by atoms with Crippen LogP contribution in [0.3, 0.4) is 0 Å². The van der Waals surface area contributed by atoms with Crippen molar-refractivity contribution in [2.45, 2.75) is 38.8 Å². The second kappa shape index (κ2) is 5.66. The van der Waals surface area contributed by atoms with Crippen LogP contribution in [0.15, 0.2) is 36.4 Å². The summed E-state index contributed by atoms with van der Waals surface area (Å²) in [4.78, 5) is 0. The Kier molecular flexibility index (Phi) is 3.87. The molecule has 0 bridgehead atoms. The van der Waals surface area contributed by atoms with Gasteiger partial charge < -0.3 is 9.29 Å². The summed E-state index contributed by atoms with van der Waals surface area (Å²) in [5.41, 5.74) is 0.734. The fraction of sp³-hybridized carbons (Fsp3) is 0.375. The molecule has 1 fully saturated rings. The molecule has 0 N–H and O–H groups in total. The molecule has 1 unspecified atom stereocenters. The van der Waals surface area contributed by atoms with Gasteiger partial charge in [-0.05, 0) is 38.8 Å². The molecule has 0 aromatic heterocycles. The summed E-state index contributed by atoms with van der Waals surface area (Å²) >= 11 is -2.25. The van der Waals surface area contributed by atoms with E-state index in [1.165, 1.54) is 4.31 Å². The van der Waals surface area contributed by atoms with Gasteiger partial charge in [0.15, 0.2) is 0 Å². The van der Waals surface area contributed by atoms with E-state index in [1.807, 2.05) is 50.2 Å². The minimum Gasteiger partial charge on any atom is -0.755 e. The third-order valence-electron chi connectivity index (χ3n) is 3.50. The Morgan fingerprint density at radius 2 is 1.86 bits per heavy atom. The van der Waals surface area contributed by atoms with Crippen LogP contribution in [-0.2, 0) is 11.3 Å². The van der Waals surface area contributed by atoms with Crippen molar-refractivity contribution < 1.29 is 13.5 Å². The summed E-state index contributed by atoms with van der Waals surface area (Å²) in [6.45, 7) is 3.96. The summed E-state index contributed by atoms with van der Waals surface area (Å²) in [6, 6.07) is 11.6. The Bertz CT molecular complexity index is 682. The van der Waals surface area contributed by atoms with Gasteiger partial charge >= 0.3 is 0 Å². The fourth-order valence-electron chi connectivity index (χ4n) is 2.51. The van der Waals surface area contributed by atoms with Gasteiger partial charge in [-0.2, -0.15) is 0 Å². The molecule has 2 aromatic rings. The van der Waals surface area contributed by atoms with Gasteiger partial charge in [0.1, 0.15) is 5.75 Å². The number of fused-ring (bicyclic) bond motifs is 1. The molecule has 0 amide bonds. The zero-order valence-corrected chi connectivity index (χ0v) is 12.9. The second-order valence-corrected chi connectivity index (χ2v) is 6.40. The molecule has 0 radical (unpaired) electrons. The lowest BCUT2D eigenvalue weighted by Crippen LogP contribution is -2.27.